The Labute approximate surface area is 150 Å². The van der Waals surface area contributed by atoms with E-state index in [0.717, 1.165) is 21.1 Å². The summed E-state index contributed by atoms with van der Waals surface area (Å²) in [5.74, 6) is -1.28. The molecule has 1 aliphatic heterocycles. The highest BCUT2D eigenvalue weighted by Gasteiger charge is 2.16. The van der Waals surface area contributed by atoms with Gasteiger partial charge in [-0.25, -0.2) is 4.99 Å². The van der Waals surface area contributed by atoms with Gasteiger partial charge in [0.15, 0.2) is 3.95 Å². The number of methoxy groups -OCH3 is 1. The highest BCUT2D eigenvalue weighted by molar-refractivity contribution is 7.73. The van der Waals surface area contributed by atoms with Gasteiger partial charge >= 0.3 is 5.97 Å². The van der Waals surface area contributed by atoms with Crippen molar-refractivity contribution in [3.63, 3.8) is 0 Å². The van der Waals surface area contributed by atoms with Gasteiger partial charge in [0.1, 0.15) is 12.3 Å². The fraction of sp³-hybridized carbons (Fsp3) is 0.125. The van der Waals surface area contributed by atoms with Crippen molar-refractivity contribution >= 4 is 47.6 Å². The molecular formula is C16H12N2O5S2. The maximum absolute atomic E-state index is 12.2. The number of thiazole rings is 1. The van der Waals surface area contributed by atoms with Crippen molar-refractivity contribution in [3.8, 4) is 11.6 Å². The average molecular weight is 376 g/mol. The molecule has 2 N–H and O–H groups in total. The maximum Gasteiger partial charge on any atom is 0.323 e. The number of carboxylic acid groups (broad SMARTS) is 1. The number of aromatic nitrogens is 1. The van der Waals surface area contributed by atoms with Gasteiger partial charge in [0.2, 0.25) is 5.88 Å². The number of fused-ring (bicyclic) bond motifs is 1. The topological polar surface area (TPSA) is 101 Å². The number of aliphatic carboxylic acids is 1. The van der Waals surface area contributed by atoms with Crippen LogP contribution in [0.2, 0.25) is 0 Å². The summed E-state index contributed by atoms with van der Waals surface area (Å²) in [5, 5.41) is 20.3. The Morgan fingerprint density at radius 3 is 2.92 bits per heavy atom. The summed E-state index contributed by atoms with van der Waals surface area (Å²) in [6.07, 6.45) is 3.10. The third-order valence-corrected chi connectivity index (χ3v) is 4.88. The van der Waals surface area contributed by atoms with Gasteiger partial charge < -0.3 is 14.9 Å². The van der Waals surface area contributed by atoms with Crippen molar-refractivity contribution in [1.82, 2.24) is 4.57 Å². The van der Waals surface area contributed by atoms with Crippen LogP contribution in [-0.2, 0) is 16.1 Å². The number of rotatable bonds is 4. The molecule has 0 bridgehead atoms. The predicted molar refractivity (Wildman–Crippen MR) is 93.7 cm³/mol. The van der Waals surface area contributed by atoms with Crippen molar-refractivity contribution in [2.24, 2.45) is 4.99 Å². The van der Waals surface area contributed by atoms with Crippen LogP contribution >= 0.6 is 23.6 Å². The SMILES string of the molecule is COc1ccc2c(c1)=NC(=O)/C(=C/c1sc(=S)n(CC(=O)O)c1O)C=2. The fourth-order valence-corrected chi connectivity index (χ4v) is 3.56. The molecule has 9 heteroatoms. The van der Waals surface area contributed by atoms with Gasteiger partial charge in [-0.2, -0.15) is 0 Å². The van der Waals surface area contributed by atoms with Crippen molar-refractivity contribution < 1.29 is 24.5 Å². The number of hydrogen-bond donors (Lipinski definition) is 2. The van der Waals surface area contributed by atoms with Crippen LogP contribution in [0, 0.1) is 3.95 Å². The first-order valence-corrected chi connectivity index (χ1v) is 8.26. The van der Waals surface area contributed by atoms with Crippen LogP contribution in [0.4, 0.5) is 0 Å². The molecule has 0 atom stereocenters. The molecule has 0 radical (unpaired) electrons. The van der Waals surface area contributed by atoms with Gasteiger partial charge in [0, 0.05) is 16.9 Å². The number of carboxylic acids is 1. The number of ether oxygens (including phenoxy) is 1. The molecule has 0 spiro atoms. The lowest BCUT2D eigenvalue weighted by atomic mass is 10.1. The van der Waals surface area contributed by atoms with Crippen molar-refractivity contribution in [1.29, 1.82) is 0 Å². The molecule has 0 unspecified atom stereocenters. The van der Waals surface area contributed by atoms with Crippen LogP contribution in [-0.4, -0.2) is 33.8 Å². The Bertz CT molecular complexity index is 1090. The molecule has 128 valence electrons. The van der Waals surface area contributed by atoms with E-state index in [2.05, 4.69) is 4.99 Å². The summed E-state index contributed by atoms with van der Waals surface area (Å²) < 4.78 is 6.41. The Balaban J connectivity index is 2.08. The zero-order chi connectivity index (χ0) is 18.1. The fourth-order valence-electron chi connectivity index (χ4n) is 2.30. The lowest BCUT2D eigenvalue weighted by molar-refractivity contribution is -0.137. The second-order valence-electron chi connectivity index (χ2n) is 5.12. The lowest BCUT2D eigenvalue weighted by Gasteiger charge is -2.05. The number of aromatic hydroxyl groups is 1. The minimum atomic E-state index is -1.12. The third kappa shape index (κ3) is 3.37. The van der Waals surface area contributed by atoms with E-state index in [0.29, 0.717) is 16.0 Å². The molecule has 0 aliphatic carbocycles. The largest absolute Gasteiger partial charge is 0.497 e. The first kappa shape index (κ1) is 17.1. The van der Waals surface area contributed by atoms with E-state index < -0.39 is 18.4 Å². The maximum atomic E-state index is 12.2. The normalized spacial score (nSPS) is 14.6. The number of carbonyl (C=O) groups excluding carboxylic acids is 1. The first-order valence-electron chi connectivity index (χ1n) is 7.04. The molecule has 1 aromatic heterocycles. The molecule has 0 fully saturated rings. The molecule has 1 aromatic carbocycles. The molecule has 1 aliphatic rings. The van der Waals surface area contributed by atoms with Crippen LogP contribution in [0.25, 0.3) is 12.2 Å². The van der Waals surface area contributed by atoms with Gasteiger partial charge in [-0.1, -0.05) is 0 Å². The number of carbonyl (C=O) groups is 2. The summed E-state index contributed by atoms with van der Waals surface area (Å²) in [6.45, 7) is -0.449. The second-order valence-corrected chi connectivity index (χ2v) is 6.80. The highest BCUT2D eigenvalue weighted by Crippen LogP contribution is 2.29. The van der Waals surface area contributed by atoms with Gasteiger partial charge in [-0.15, -0.1) is 11.3 Å². The molecular weight excluding hydrogens is 364 g/mol. The van der Waals surface area contributed by atoms with Gasteiger partial charge in [-0.05, 0) is 36.5 Å². The summed E-state index contributed by atoms with van der Waals surface area (Å²) in [5.41, 5.74) is 0.270. The molecule has 7 nitrogen and oxygen atoms in total. The molecule has 1 amide bonds. The van der Waals surface area contributed by atoms with Crippen molar-refractivity contribution in [2.45, 2.75) is 6.54 Å². The van der Waals surface area contributed by atoms with Crippen molar-refractivity contribution in [2.75, 3.05) is 7.11 Å². The van der Waals surface area contributed by atoms with E-state index in [-0.39, 0.29) is 15.4 Å². The Hall–Kier alpha value is -2.78. The standard InChI is InChI=1S/C16H12N2O5S2/c1-23-10-3-2-8-4-9(14(21)17-11(8)6-10)5-12-15(22)18(7-13(19)20)16(24)25-12/h2-6,22H,7H2,1H3,(H,19,20)/b9-5+. The Morgan fingerprint density at radius 1 is 1.48 bits per heavy atom. The van der Waals surface area contributed by atoms with E-state index in [9.17, 15) is 14.7 Å². The summed E-state index contributed by atoms with van der Waals surface area (Å²) in [7, 11) is 1.53. The first-order chi connectivity index (χ1) is 11.9. The minimum Gasteiger partial charge on any atom is -0.497 e. The zero-order valence-electron chi connectivity index (χ0n) is 12.9. The highest BCUT2D eigenvalue weighted by atomic mass is 32.1. The average Bonchev–Trinajstić information content (AvgIpc) is 2.82. The smallest absolute Gasteiger partial charge is 0.323 e. The van der Waals surface area contributed by atoms with Crippen molar-refractivity contribution in [3.05, 3.63) is 43.2 Å². The minimum absolute atomic E-state index is 0.206. The number of nitrogens with zero attached hydrogens (tertiary/aromatic N) is 2. The quantitative estimate of drug-likeness (QED) is 0.612. The van der Waals surface area contributed by atoms with Gasteiger partial charge in [0.05, 0.1) is 17.3 Å². The molecule has 3 rings (SSSR count). The predicted octanol–water partition coefficient (Wildman–Crippen LogP) is 1.10. The summed E-state index contributed by atoms with van der Waals surface area (Å²) in [6, 6.07) is 5.18. The van der Waals surface area contributed by atoms with Crippen LogP contribution in [0.5, 0.6) is 11.6 Å². The summed E-state index contributed by atoms with van der Waals surface area (Å²) >= 11 is 6.08. The van der Waals surface area contributed by atoms with Gasteiger partial charge in [-0.3, -0.25) is 14.2 Å². The van der Waals surface area contributed by atoms with E-state index in [1.54, 1.807) is 24.3 Å². The number of hydrogen-bond acceptors (Lipinski definition) is 6. The van der Waals surface area contributed by atoms with Crippen LogP contribution in [0.15, 0.2) is 28.8 Å². The third-order valence-electron chi connectivity index (χ3n) is 3.49. The second kappa shape index (κ2) is 6.61. The monoisotopic (exact) mass is 376 g/mol. The molecule has 25 heavy (non-hydrogen) atoms. The Morgan fingerprint density at radius 2 is 2.24 bits per heavy atom. The van der Waals surface area contributed by atoms with Crippen LogP contribution in [0.1, 0.15) is 4.88 Å². The molecule has 0 saturated heterocycles. The van der Waals surface area contributed by atoms with E-state index in [4.69, 9.17) is 22.1 Å². The van der Waals surface area contributed by atoms with Crippen LogP contribution < -0.4 is 15.3 Å². The zero-order valence-corrected chi connectivity index (χ0v) is 14.6. The molecule has 0 saturated carbocycles. The van der Waals surface area contributed by atoms with E-state index in [1.807, 2.05) is 0 Å². The van der Waals surface area contributed by atoms with E-state index >= 15 is 0 Å². The molecule has 2 heterocycles. The van der Waals surface area contributed by atoms with Gasteiger partial charge in [0.25, 0.3) is 5.91 Å². The van der Waals surface area contributed by atoms with E-state index in [1.165, 1.54) is 13.2 Å². The number of amides is 1. The number of benzene rings is 1. The summed E-state index contributed by atoms with van der Waals surface area (Å²) in [4.78, 5) is 27.4. The Kier molecular flexibility index (Phi) is 4.51. The molecule has 2 aromatic rings. The lowest BCUT2D eigenvalue weighted by Crippen LogP contribution is -2.30. The van der Waals surface area contributed by atoms with Crippen LogP contribution in [0.3, 0.4) is 0 Å².